The molecule has 116 valence electrons. The van der Waals surface area contributed by atoms with Crippen LogP contribution in [-0.4, -0.2) is 32.5 Å². The van der Waals surface area contributed by atoms with Crippen molar-refractivity contribution in [1.82, 2.24) is 5.32 Å². The van der Waals surface area contributed by atoms with E-state index in [1.807, 2.05) is 0 Å². The first-order valence-electron chi connectivity index (χ1n) is 6.59. The predicted octanol–water partition coefficient (Wildman–Crippen LogP) is 2.84. The van der Waals surface area contributed by atoms with Crippen LogP contribution in [0.5, 0.6) is 5.75 Å². The van der Waals surface area contributed by atoms with E-state index in [1.165, 1.54) is 13.2 Å². The van der Waals surface area contributed by atoms with E-state index in [-0.39, 0.29) is 17.2 Å². The summed E-state index contributed by atoms with van der Waals surface area (Å²) in [6.45, 7) is 1.59. The molecule has 1 N–H and O–H groups in total. The number of hydrogen-bond donors (Lipinski definition) is 1. The second-order valence-electron chi connectivity index (χ2n) is 4.85. The summed E-state index contributed by atoms with van der Waals surface area (Å²) in [5, 5.41) is 3.18. The van der Waals surface area contributed by atoms with Crippen LogP contribution in [0.1, 0.15) is 34.7 Å². The van der Waals surface area contributed by atoms with Gasteiger partial charge in [0.2, 0.25) is 0 Å². The first kappa shape index (κ1) is 15.6. The largest absolute Gasteiger partial charge is 0.573 e. The number of piperidine rings is 1. The number of carbonyl (C=O) groups excluding carboxylic acids is 1. The fourth-order valence-electron chi connectivity index (χ4n) is 2.44. The normalized spacial score (nSPS) is 16.6. The van der Waals surface area contributed by atoms with E-state index in [9.17, 15) is 18.0 Å². The highest BCUT2D eigenvalue weighted by Crippen LogP contribution is 2.32. The van der Waals surface area contributed by atoms with Gasteiger partial charge in [-0.15, -0.1) is 13.2 Å². The first-order chi connectivity index (χ1) is 9.89. The molecule has 0 atom stereocenters. The van der Waals surface area contributed by atoms with E-state index in [0.29, 0.717) is 5.56 Å². The van der Waals surface area contributed by atoms with Crippen LogP contribution in [0.2, 0.25) is 0 Å². The monoisotopic (exact) mass is 303 g/mol. The van der Waals surface area contributed by atoms with Gasteiger partial charge < -0.3 is 14.8 Å². The van der Waals surface area contributed by atoms with E-state index in [1.54, 1.807) is 6.07 Å². The molecule has 1 saturated heterocycles. The molecule has 0 radical (unpaired) electrons. The quantitative estimate of drug-likeness (QED) is 0.872. The molecule has 1 aliphatic rings. The summed E-state index contributed by atoms with van der Waals surface area (Å²) in [6, 6.07) is 3.96. The van der Waals surface area contributed by atoms with Crippen LogP contribution in [0.15, 0.2) is 18.2 Å². The molecule has 0 saturated carbocycles. The molecule has 0 spiro atoms. The van der Waals surface area contributed by atoms with E-state index >= 15 is 0 Å². The van der Waals surface area contributed by atoms with Gasteiger partial charge in [0.05, 0.1) is 12.7 Å². The highest BCUT2D eigenvalue weighted by Gasteiger charge is 2.32. The number of nitrogens with one attached hydrogen (secondary N) is 1. The molecular weight excluding hydrogens is 287 g/mol. The van der Waals surface area contributed by atoms with Gasteiger partial charge in [0.1, 0.15) is 5.75 Å². The van der Waals surface area contributed by atoms with Crippen molar-refractivity contribution < 1.29 is 27.4 Å². The lowest BCUT2D eigenvalue weighted by Gasteiger charge is -2.24. The minimum absolute atomic E-state index is 0.0628. The topological polar surface area (TPSA) is 47.6 Å². The Hall–Kier alpha value is -1.76. The summed E-state index contributed by atoms with van der Waals surface area (Å²) in [7, 11) is 1.18. The van der Waals surface area contributed by atoms with Gasteiger partial charge in [0, 0.05) is 0 Å². The minimum atomic E-state index is -4.79. The molecule has 1 aromatic rings. The van der Waals surface area contributed by atoms with Crippen molar-refractivity contribution in [2.45, 2.75) is 25.1 Å². The van der Waals surface area contributed by atoms with Crippen LogP contribution in [-0.2, 0) is 4.74 Å². The minimum Gasteiger partial charge on any atom is -0.465 e. The fraction of sp³-hybridized carbons (Fsp3) is 0.500. The maximum Gasteiger partial charge on any atom is 0.573 e. The fourth-order valence-corrected chi connectivity index (χ4v) is 2.44. The van der Waals surface area contributed by atoms with Crippen LogP contribution >= 0.6 is 0 Å². The van der Waals surface area contributed by atoms with Crippen molar-refractivity contribution >= 4 is 5.97 Å². The summed E-state index contributed by atoms with van der Waals surface area (Å²) in [4.78, 5) is 11.6. The molecule has 1 aromatic carbocycles. The SMILES string of the molecule is COC(=O)c1cc(OC(F)(F)F)cc(C2CCNCC2)c1. The summed E-state index contributed by atoms with van der Waals surface area (Å²) in [6.07, 6.45) is -3.19. The molecule has 21 heavy (non-hydrogen) atoms. The van der Waals surface area contributed by atoms with Gasteiger partial charge in [-0.05, 0) is 55.6 Å². The van der Waals surface area contributed by atoms with Crippen LogP contribution in [0, 0.1) is 0 Å². The maximum absolute atomic E-state index is 12.4. The van der Waals surface area contributed by atoms with E-state index in [4.69, 9.17) is 0 Å². The Kier molecular flexibility index (Phi) is 4.72. The zero-order valence-electron chi connectivity index (χ0n) is 11.5. The second kappa shape index (κ2) is 6.34. The van der Waals surface area contributed by atoms with E-state index < -0.39 is 12.3 Å². The van der Waals surface area contributed by atoms with Crippen molar-refractivity contribution in [2.24, 2.45) is 0 Å². The molecule has 0 aromatic heterocycles. The van der Waals surface area contributed by atoms with Crippen LogP contribution in [0.3, 0.4) is 0 Å². The first-order valence-corrected chi connectivity index (χ1v) is 6.59. The number of halogens is 3. The van der Waals surface area contributed by atoms with Gasteiger partial charge in [0.25, 0.3) is 0 Å². The molecule has 1 fully saturated rings. The Balaban J connectivity index is 2.34. The summed E-state index contributed by atoms with van der Waals surface area (Å²) in [5.41, 5.74) is 0.728. The molecule has 0 aliphatic carbocycles. The summed E-state index contributed by atoms with van der Waals surface area (Å²) in [5.74, 6) is -0.969. The van der Waals surface area contributed by atoms with Crippen LogP contribution in [0.25, 0.3) is 0 Å². The molecule has 1 heterocycles. The lowest BCUT2D eigenvalue weighted by Crippen LogP contribution is -2.27. The number of alkyl halides is 3. The molecular formula is C14H16F3NO3. The number of ether oxygens (including phenoxy) is 2. The molecule has 0 bridgehead atoms. The Bertz CT molecular complexity index is 511. The molecule has 1 aliphatic heterocycles. The number of benzene rings is 1. The number of carbonyl (C=O) groups is 1. The number of methoxy groups -OCH3 is 1. The average molecular weight is 303 g/mol. The molecule has 2 rings (SSSR count). The zero-order valence-corrected chi connectivity index (χ0v) is 11.5. The lowest BCUT2D eigenvalue weighted by atomic mass is 9.89. The smallest absolute Gasteiger partial charge is 0.465 e. The highest BCUT2D eigenvalue weighted by molar-refractivity contribution is 5.90. The Morgan fingerprint density at radius 3 is 2.48 bits per heavy atom. The second-order valence-corrected chi connectivity index (χ2v) is 4.85. The predicted molar refractivity (Wildman–Crippen MR) is 69.3 cm³/mol. The molecule has 0 amide bonds. The van der Waals surface area contributed by atoms with Gasteiger partial charge in [-0.25, -0.2) is 4.79 Å². The zero-order chi connectivity index (χ0) is 15.5. The van der Waals surface area contributed by atoms with E-state index in [0.717, 1.165) is 32.0 Å². The molecule has 4 nitrogen and oxygen atoms in total. The Morgan fingerprint density at radius 1 is 1.24 bits per heavy atom. The van der Waals surface area contributed by atoms with Crippen molar-refractivity contribution in [3.05, 3.63) is 29.3 Å². The number of esters is 1. The van der Waals surface area contributed by atoms with Gasteiger partial charge in [-0.3, -0.25) is 0 Å². The van der Waals surface area contributed by atoms with Crippen LogP contribution < -0.4 is 10.1 Å². The molecule has 7 heteroatoms. The van der Waals surface area contributed by atoms with Gasteiger partial charge in [-0.2, -0.15) is 0 Å². The van der Waals surface area contributed by atoms with Gasteiger partial charge in [0.15, 0.2) is 0 Å². The van der Waals surface area contributed by atoms with Gasteiger partial charge >= 0.3 is 12.3 Å². The maximum atomic E-state index is 12.4. The van der Waals surface area contributed by atoms with Crippen LogP contribution in [0.4, 0.5) is 13.2 Å². The lowest BCUT2D eigenvalue weighted by molar-refractivity contribution is -0.274. The molecule has 0 unspecified atom stereocenters. The van der Waals surface area contributed by atoms with Crippen molar-refractivity contribution in [3.63, 3.8) is 0 Å². The highest BCUT2D eigenvalue weighted by atomic mass is 19.4. The average Bonchev–Trinajstić information content (AvgIpc) is 2.45. The number of hydrogen-bond acceptors (Lipinski definition) is 4. The number of rotatable bonds is 3. The third-order valence-corrected chi connectivity index (χ3v) is 3.39. The van der Waals surface area contributed by atoms with Gasteiger partial charge in [-0.1, -0.05) is 0 Å². The Labute approximate surface area is 120 Å². The Morgan fingerprint density at radius 2 is 1.90 bits per heavy atom. The van der Waals surface area contributed by atoms with E-state index in [2.05, 4.69) is 14.8 Å². The third kappa shape index (κ3) is 4.35. The third-order valence-electron chi connectivity index (χ3n) is 3.39. The van der Waals surface area contributed by atoms with Crippen molar-refractivity contribution in [2.75, 3.05) is 20.2 Å². The van der Waals surface area contributed by atoms with Crippen molar-refractivity contribution in [1.29, 1.82) is 0 Å². The summed E-state index contributed by atoms with van der Waals surface area (Å²) >= 11 is 0. The summed E-state index contributed by atoms with van der Waals surface area (Å²) < 4.78 is 45.7. The van der Waals surface area contributed by atoms with Crippen molar-refractivity contribution in [3.8, 4) is 5.75 Å². The standard InChI is InChI=1S/C14H16F3NO3/c1-20-13(19)11-6-10(9-2-4-18-5-3-9)7-12(8-11)21-14(15,16)17/h6-9,18H,2-5H2,1H3.